The normalized spacial score (nSPS) is 11.6. The molecule has 4 N–H and O–H groups in total. The van der Waals surface area contributed by atoms with Gasteiger partial charge in [-0.05, 0) is 24.3 Å². The highest BCUT2D eigenvalue weighted by molar-refractivity contribution is 7.79. The molecule has 0 unspecified atom stereocenters. The summed E-state index contributed by atoms with van der Waals surface area (Å²) in [5.74, 6) is 0. The SMILES string of the molecule is O=S(=O)(O)O.c1ccc2nc(-c3c[nH]c4ccccc34)c(-c3c[nH]c4ccccc34)nc2c1. The molecule has 0 aliphatic carbocycles. The number of hydrogen-bond acceptors (Lipinski definition) is 4. The average molecular weight is 458 g/mol. The number of aromatic amines is 2. The van der Waals surface area contributed by atoms with Gasteiger partial charge in [-0.1, -0.05) is 48.5 Å². The van der Waals surface area contributed by atoms with Crippen molar-refractivity contribution >= 4 is 43.2 Å². The van der Waals surface area contributed by atoms with Crippen LogP contribution in [0.1, 0.15) is 0 Å². The molecule has 9 heteroatoms. The van der Waals surface area contributed by atoms with E-state index in [1.54, 1.807) is 0 Å². The molecular weight excluding hydrogens is 440 g/mol. The fourth-order valence-corrected chi connectivity index (χ4v) is 3.91. The van der Waals surface area contributed by atoms with E-state index < -0.39 is 10.4 Å². The number of rotatable bonds is 2. The molecule has 0 atom stereocenters. The Balaban J connectivity index is 0.000000416. The molecule has 164 valence electrons. The molecule has 0 aliphatic rings. The van der Waals surface area contributed by atoms with Crippen molar-refractivity contribution in [2.75, 3.05) is 0 Å². The predicted molar refractivity (Wildman–Crippen MR) is 128 cm³/mol. The van der Waals surface area contributed by atoms with Crippen molar-refractivity contribution in [2.24, 2.45) is 0 Å². The molecule has 0 radical (unpaired) electrons. The van der Waals surface area contributed by atoms with Crippen LogP contribution >= 0.6 is 0 Å². The first-order valence-corrected chi connectivity index (χ1v) is 11.4. The van der Waals surface area contributed by atoms with E-state index in [4.69, 9.17) is 27.5 Å². The number of H-pyrrole nitrogens is 2. The first kappa shape index (κ1) is 20.8. The van der Waals surface area contributed by atoms with Gasteiger partial charge in [-0.2, -0.15) is 8.42 Å². The van der Waals surface area contributed by atoms with E-state index in [1.807, 2.05) is 48.8 Å². The van der Waals surface area contributed by atoms with Crippen LogP contribution in [0.3, 0.4) is 0 Å². The van der Waals surface area contributed by atoms with Gasteiger partial charge in [0.2, 0.25) is 0 Å². The molecule has 0 saturated carbocycles. The molecule has 6 rings (SSSR count). The van der Waals surface area contributed by atoms with Crippen LogP contribution in [0.4, 0.5) is 0 Å². The molecular formula is C24H18N4O4S. The van der Waals surface area contributed by atoms with Crippen LogP contribution in [0, 0.1) is 0 Å². The van der Waals surface area contributed by atoms with Crippen molar-refractivity contribution in [1.29, 1.82) is 0 Å². The zero-order chi connectivity index (χ0) is 23.0. The van der Waals surface area contributed by atoms with E-state index in [0.29, 0.717) is 0 Å². The Morgan fingerprint density at radius 2 is 0.970 bits per heavy atom. The zero-order valence-corrected chi connectivity index (χ0v) is 17.9. The van der Waals surface area contributed by atoms with Crippen LogP contribution in [-0.2, 0) is 10.4 Å². The van der Waals surface area contributed by atoms with Crippen LogP contribution in [0.25, 0.3) is 55.4 Å². The number of aromatic nitrogens is 4. The fourth-order valence-electron chi connectivity index (χ4n) is 3.91. The lowest BCUT2D eigenvalue weighted by Crippen LogP contribution is -1.94. The molecule has 0 aliphatic heterocycles. The Bertz CT molecular complexity index is 1600. The molecule has 0 amide bonds. The van der Waals surface area contributed by atoms with Gasteiger partial charge >= 0.3 is 10.4 Å². The maximum absolute atomic E-state index is 8.74. The van der Waals surface area contributed by atoms with Crippen molar-refractivity contribution in [2.45, 2.75) is 0 Å². The maximum Gasteiger partial charge on any atom is 0.394 e. The largest absolute Gasteiger partial charge is 0.394 e. The van der Waals surface area contributed by atoms with Crippen LogP contribution in [-0.4, -0.2) is 37.5 Å². The third-order valence-electron chi connectivity index (χ3n) is 5.26. The molecule has 3 aromatic heterocycles. The molecule has 8 nitrogen and oxygen atoms in total. The molecule has 0 spiro atoms. The van der Waals surface area contributed by atoms with Crippen molar-refractivity contribution < 1.29 is 17.5 Å². The number of fused-ring (bicyclic) bond motifs is 3. The number of nitrogens with one attached hydrogen (secondary N) is 2. The van der Waals surface area contributed by atoms with Crippen LogP contribution in [0.5, 0.6) is 0 Å². The Morgan fingerprint density at radius 3 is 1.39 bits per heavy atom. The lowest BCUT2D eigenvalue weighted by molar-refractivity contribution is 0.381. The summed E-state index contributed by atoms with van der Waals surface area (Å²) < 4.78 is 31.6. The zero-order valence-electron chi connectivity index (χ0n) is 17.1. The van der Waals surface area contributed by atoms with Gasteiger partial charge in [0.15, 0.2) is 0 Å². The Hall–Kier alpha value is -4.05. The lowest BCUT2D eigenvalue weighted by Gasteiger charge is -2.09. The topological polar surface area (TPSA) is 132 Å². The summed E-state index contributed by atoms with van der Waals surface area (Å²) in [5.41, 5.74) is 7.89. The van der Waals surface area contributed by atoms with Gasteiger partial charge in [0.1, 0.15) is 0 Å². The summed E-state index contributed by atoms with van der Waals surface area (Å²) >= 11 is 0. The summed E-state index contributed by atoms with van der Waals surface area (Å²) in [7, 11) is -4.67. The van der Waals surface area contributed by atoms with E-state index in [2.05, 4.69) is 46.4 Å². The second kappa shape index (κ2) is 8.14. The Morgan fingerprint density at radius 1 is 0.606 bits per heavy atom. The highest BCUT2D eigenvalue weighted by Gasteiger charge is 2.18. The third kappa shape index (κ3) is 4.20. The summed E-state index contributed by atoms with van der Waals surface area (Å²) in [6.07, 6.45) is 4.06. The second-order valence-electron chi connectivity index (χ2n) is 7.35. The minimum Gasteiger partial charge on any atom is -0.360 e. The van der Waals surface area contributed by atoms with Crippen LogP contribution in [0.15, 0.2) is 85.2 Å². The Kier molecular flexibility index (Phi) is 5.14. The van der Waals surface area contributed by atoms with E-state index in [1.165, 1.54) is 0 Å². The van der Waals surface area contributed by atoms with Gasteiger partial charge in [0.05, 0.1) is 22.4 Å². The van der Waals surface area contributed by atoms with Crippen molar-refractivity contribution in [1.82, 2.24) is 19.9 Å². The van der Waals surface area contributed by atoms with Gasteiger partial charge in [0, 0.05) is 45.3 Å². The molecule has 3 aromatic carbocycles. The van der Waals surface area contributed by atoms with Gasteiger partial charge in [-0.15, -0.1) is 0 Å². The average Bonchev–Trinajstić information content (AvgIpc) is 3.41. The van der Waals surface area contributed by atoms with Crippen LogP contribution in [0.2, 0.25) is 0 Å². The van der Waals surface area contributed by atoms with Gasteiger partial charge in [-0.3, -0.25) is 9.11 Å². The monoisotopic (exact) mass is 458 g/mol. The molecule has 0 fully saturated rings. The quantitative estimate of drug-likeness (QED) is 0.261. The molecule has 33 heavy (non-hydrogen) atoms. The second-order valence-corrected chi connectivity index (χ2v) is 8.25. The minimum atomic E-state index is -4.67. The van der Waals surface area contributed by atoms with E-state index >= 15 is 0 Å². The van der Waals surface area contributed by atoms with Gasteiger partial charge in [0.25, 0.3) is 0 Å². The molecule has 0 bridgehead atoms. The molecule has 0 saturated heterocycles. The van der Waals surface area contributed by atoms with Gasteiger partial charge < -0.3 is 9.97 Å². The standard InChI is InChI=1S/C24H16N4.H2O4S/c1-3-9-19-15(7-1)17(13-25-19)23-24(28-22-12-6-5-11-21(22)27-23)18-14-26-20-10-4-2-8-16(18)20;1-5(2,3)4/h1-14,25-26H;(H2,1,2,3,4). The van der Waals surface area contributed by atoms with Crippen molar-refractivity contribution in [3.8, 4) is 22.5 Å². The fraction of sp³-hybridized carbons (Fsp3) is 0. The minimum absolute atomic E-state index is 0.890. The third-order valence-corrected chi connectivity index (χ3v) is 5.26. The smallest absolute Gasteiger partial charge is 0.360 e. The number of hydrogen-bond donors (Lipinski definition) is 4. The summed E-state index contributed by atoms with van der Waals surface area (Å²) in [6.45, 7) is 0. The van der Waals surface area contributed by atoms with Crippen LogP contribution < -0.4 is 0 Å². The maximum atomic E-state index is 8.74. The van der Waals surface area contributed by atoms with E-state index in [9.17, 15) is 0 Å². The highest BCUT2D eigenvalue weighted by atomic mass is 32.3. The summed E-state index contributed by atoms with van der Waals surface area (Å²) in [4.78, 5) is 16.8. The number of para-hydroxylation sites is 4. The number of nitrogens with zero attached hydrogens (tertiary/aromatic N) is 2. The molecule has 3 heterocycles. The molecule has 6 aromatic rings. The summed E-state index contributed by atoms with van der Waals surface area (Å²) in [6, 6.07) is 24.6. The predicted octanol–water partition coefficient (Wildman–Crippen LogP) is 5.27. The Labute approximate surface area is 188 Å². The lowest BCUT2D eigenvalue weighted by atomic mass is 10.0. The van der Waals surface area contributed by atoms with Crippen molar-refractivity contribution in [3.63, 3.8) is 0 Å². The van der Waals surface area contributed by atoms with E-state index in [-0.39, 0.29) is 0 Å². The first-order valence-electron chi connectivity index (χ1n) is 9.98. The number of benzene rings is 3. The van der Waals surface area contributed by atoms with Crippen molar-refractivity contribution in [3.05, 3.63) is 85.2 Å². The van der Waals surface area contributed by atoms with E-state index in [0.717, 1.165) is 55.4 Å². The summed E-state index contributed by atoms with van der Waals surface area (Å²) in [5, 5.41) is 2.29. The van der Waals surface area contributed by atoms with Gasteiger partial charge in [-0.25, -0.2) is 9.97 Å². The first-order chi connectivity index (χ1) is 15.9. The highest BCUT2D eigenvalue weighted by Crippen LogP contribution is 2.37.